The third-order valence-electron chi connectivity index (χ3n) is 3.24. The molecule has 3 aromatic rings. The van der Waals surface area contributed by atoms with Gasteiger partial charge in [-0.3, -0.25) is 13.5 Å². The zero-order valence-electron chi connectivity index (χ0n) is 13.0. The summed E-state index contributed by atoms with van der Waals surface area (Å²) in [5.41, 5.74) is 2.34. The van der Waals surface area contributed by atoms with Crippen molar-refractivity contribution in [3.8, 4) is 5.69 Å². The summed E-state index contributed by atoms with van der Waals surface area (Å²) in [5, 5.41) is 3.80. The molecule has 0 unspecified atom stereocenters. The van der Waals surface area contributed by atoms with E-state index in [1.807, 2.05) is 30.5 Å². The van der Waals surface area contributed by atoms with E-state index in [1.54, 1.807) is 12.3 Å². The molecule has 0 atom stereocenters. The second kappa shape index (κ2) is 9.16. The van der Waals surface area contributed by atoms with Gasteiger partial charge in [-0.1, -0.05) is 18.6 Å². The van der Waals surface area contributed by atoms with E-state index in [0.717, 1.165) is 24.2 Å². The maximum Gasteiger partial charge on any atom is 0.0493 e. The van der Waals surface area contributed by atoms with Crippen molar-refractivity contribution in [3.05, 3.63) is 96.6 Å². The van der Waals surface area contributed by atoms with Gasteiger partial charge in [-0.25, -0.2) is 0 Å². The van der Waals surface area contributed by atoms with Crippen LogP contribution in [0.15, 0.2) is 67.1 Å². The Bertz CT molecular complexity index is 860. The molecule has 6 heteroatoms. The summed E-state index contributed by atoms with van der Waals surface area (Å²) in [4.78, 5) is 4.22. The van der Waals surface area contributed by atoms with Crippen molar-refractivity contribution in [3.63, 3.8) is 0 Å². The molecule has 3 nitrogen and oxygen atoms in total. The van der Waals surface area contributed by atoms with E-state index in [4.69, 9.17) is 0 Å². The first kappa shape index (κ1) is 18.9. The number of allylic oxidation sites excluding steroid dienone is 4. The van der Waals surface area contributed by atoms with Gasteiger partial charge in [0.2, 0.25) is 0 Å². The molecular weight excluding hydrogens is 500 g/mol. The Morgan fingerprint density at radius 3 is 2.60 bits per heavy atom. The van der Waals surface area contributed by atoms with Crippen LogP contribution in [0.3, 0.4) is 0 Å². The predicted molar refractivity (Wildman–Crippen MR) is 87.0 cm³/mol. The van der Waals surface area contributed by atoms with Crippen molar-refractivity contribution in [1.29, 1.82) is 0 Å². The van der Waals surface area contributed by atoms with Crippen LogP contribution in [0.1, 0.15) is 12.1 Å². The molecule has 0 saturated carbocycles. The Morgan fingerprint density at radius 1 is 1.12 bits per heavy atom. The SMILES string of the molecule is Fc1c[c-]c(-n2cccn2)c(F)c1.[C-]1=C(c2ccccn2)CC=C1.[Ir]. The zero-order chi connectivity index (χ0) is 16.8. The number of pyridine rings is 1. The van der Waals surface area contributed by atoms with Gasteiger partial charge in [0, 0.05) is 50.3 Å². The Kier molecular flexibility index (Phi) is 6.92. The second-order valence-corrected chi connectivity index (χ2v) is 4.91. The van der Waals surface area contributed by atoms with Gasteiger partial charge < -0.3 is 4.98 Å². The maximum atomic E-state index is 13.1. The van der Waals surface area contributed by atoms with Crippen molar-refractivity contribution >= 4 is 5.57 Å². The number of hydrogen-bond acceptors (Lipinski definition) is 2. The summed E-state index contributed by atoms with van der Waals surface area (Å²) >= 11 is 0. The number of benzene rings is 1. The number of hydrogen-bond donors (Lipinski definition) is 0. The monoisotopic (exact) mass is 514 g/mol. The van der Waals surface area contributed by atoms with Crippen LogP contribution < -0.4 is 0 Å². The third kappa shape index (κ3) is 5.02. The molecule has 25 heavy (non-hydrogen) atoms. The molecule has 0 N–H and O–H groups in total. The minimum absolute atomic E-state index is 0. The van der Waals surface area contributed by atoms with E-state index in [9.17, 15) is 8.78 Å². The molecule has 0 spiro atoms. The van der Waals surface area contributed by atoms with Gasteiger partial charge in [-0.05, 0) is 23.5 Å². The van der Waals surface area contributed by atoms with Gasteiger partial charge in [0.1, 0.15) is 0 Å². The summed E-state index contributed by atoms with van der Waals surface area (Å²) in [7, 11) is 0. The molecule has 129 valence electrons. The molecule has 2 aromatic heterocycles. The molecule has 0 amide bonds. The Hall–Kier alpha value is -2.43. The van der Waals surface area contributed by atoms with Crippen LogP contribution in [0.25, 0.3) is 11.3 Å². The first-order valence-electron chi connectivity index (χ1n) is 7.29. The van der Waals surface area contributed by atoms with Gasteiger partial charge in [0.05, 0.1) is 0 Å². The van der Waals surface area contributed by atoms with Crippen LogP contribution in [0.5, 0.6) is 0 Å². The molecule has 0 fully saturated rings. The molecule has 1 aromatic carbocycles. The van der Waals surface area contributed by atoms with Crippen LogP contribution in [-0.4, -0.2) is 14.8 Å². The molecule has 0 bridgehead atoms. The smallest absolute Gasteiger partial charge is 0.0493 e. The molecule has 2 heterocycles. The minimum Gasteiger partial charge on any atom is -0.320 e. The second-order valence-electron chi connectivity index (χ2n) is 4.91. The summed E-state index contributed by atoms with van der Waals surface area (Å²) in [6.07, 6.45) is 13.0. The van der Waals surface area contributed by atoms with E-state index in [2.05, 4.69) is 28.3 Å². The maximum absolute atomic E-state index is 13.1. The van der Waals surface area contributed by atoms with Crippen LogP contribution >= 0.6 is 0 Å². The molecule has 0 aliphatic heterocycles. The normalized spacial score (nSPS) is 12.0. The summed E-state index contributed by atoms with van der Waals surface area (Å²) in [5.74, 6) is -1.32. The van der Waals surface area contributed by atoms with Crippen molar-refractivity contribution in [2.24, 2.45) is 0 Å². The molecule has 4 rings (SSSR count). The largest absolute Gasteiger partial charge is 0.320 e. The van der Waals surface area contributed by atoms with E-state index in [1.165, 1.54) is 16.5 Å². The predicted octanol–water partition coefficient (Wildman–Crippen LogP) is 4.18. The molecule has 1 radical (unpaired) electrons. The molecule has 0 saturated heterocycles. The number of nitrogens with zero attached hydrogens (tertiary/aromatic N) is 3. The Balaban J connectivity index is 0.000000175. The molecular formula is C19H13F2IrN3-2. The standard InChI is InChI=1S/C10H8N.C9H5F2N2.Ir/c1-2-6-9(5-1)10-7-3-4-8-11-10;10-7-2-3-9(8(11)6-7)13-5-1-4-12-13;/h1-4,7-8H,5H2;1-2,4-6H;/q2*-1;. The Morgan fingerprint density at radius 2 is 2.00 bits per heavy atom. The quantitative estimate of drug-likeness (QED) is 0.482. The van der Waals surface area contributed by atoms with Crippen LogP contribution in [0.4, 0.5) is 8.78 Å². The first-order valence-corrected chi connectivity index (χ1v) is 7.29. The van der Waals surface area contributed by atoms with E-state index in [-0.39, 0.29) is 25.8 Å². The van der Waals surface area contributed by atoms with Gasteiger partial charge in [0.25, 0.3) is 0 Å². The van der Waals surface area contributed by atoms with Crippen LogP contribution in [0.2, 0.25) is 0 Å². The van der Waals surface area contributed by atoms with Crippen molar-refractivity contribution in [1.82, 2.24) is 14.8 Å². The van der Waals surface area contributed by atoms with Crippen LogP contribution in [-0.2, 0) is 20.1 Å². The van der Waals surface area contributed by atoms with Gasteiger partial charge in [-0.15, -0.1) is 17.7 Å². The zero-order valence-corrected chi connectivity index (χ0v) is 15.4. The number of aromatic nitrogens is 3. The van der Waals surface area contributed by atoms with Crippen molar-refractivity contribution in [2.75, 3.05) is 0 Å². The van der Waals surface area contributed by atoms with E-state index in [0.29, 0.717) is 0 Å². The van der Waals surface area contributed by atoms with Crippen molar-refractivity contribution < 1.29 is 28.9 Å². The van der Waals surface area contributed by atoms with Crippen molar-refractivity contribution in [2.45, 2.75) is 6.42 Å². The van der Waals surface area contributed by atoms with E-state index < -0.39 is 11.6 Å². The number of rotatable bonds is 2. The average molecular weight is 514 g/mol. The van der Waals surface area contributed by atoms with Gasteiger partial charge in [-0.2, -0.15) is 29.4 Å². The molecule has 1 aliphatic carbocycles. The van der Waals surface area contributed by atoms with E-state index >= 15 is 0 Å². The first-order chi connectivity index (χ1) is 11.7. The van der Waals surface area contributed by atoms with Crippen LogP contribution in [0, 0.1) is 23.8 Å². The minimum atomic E-state index is -0.677. The molecule has 1 aliphatic rings. The average Bonchev–Trinajstić information content (AvgIpc) is 3.30. The Labute approximate surface area is 158 Å². The fraction of sp³-hybridized carbons (Fsp3) is 0.0526. The summed E-state index contributed by atoms with van der Waals surface area (Å²) < 4.78 is 26.9. The summed E-state index contributed by atoms with van der Waals surface area (Å²) in [6.45, 7) is 0. The topological polar surface area (TPSA) is 30.7 Å². The summed E-state index contributed by atoms with van der Waals surface area (Å²) in [6, 6.07) is 11.9. The fourth-order valence-corrected chi connectivity index (χ4v) is 2.13. The van der Waals surface area contributed by atoms with Gasteiger partial charge >= 0.3 is 0 Å². The third-order valence-corrected chi connectivity index (χ3v) is 3.24. The number of halogens is 2. The van der Waals surface area contributed by atoms with Gasteiger partial charge in [0.15, 0.2) is 0 Å². The fourth-order valence-electron chi connectivity index (χ4n) is 2.13.